The minimum Gasteiger partial charge on any atom is -0.379 e. The summed E-state index contributed by atoms with van der Waals surface area (Å²) in [5.41, 5.74) is 0.792. The number of halogens is 1. The van der Waals surface area contributed by atoms with Crippen LogP contribution in [0, 0.1) is 0 Å². The van der Waals surface area contributed by atoms with Crippen LogP contribution in [0.1, 0.15) is 5.82 Å². The summed E-state index contributed by atoms with van der Waals surface area (Å²) in [6.07, 6.45) is 1.91. The molecule has 6 heteroatoms. The molecular formula is C11H13ClN4O. The van der Waals surface area contributed by atoms with Crippen LogP contribution >= 0.6 is 11.6 Å². The number of ether oxygens (including phenoxy) is 1. The van der Waals surface area contributed by atoms with Gasteiger partial charge in [-0.15, -0.1) is 10.2 Å². The van der Waals surface area contributed by atoms with E-state index in [1.807, 2.05) is 22.7 Å². The second kappa shape index (κ2) is 4.60. The Hall–Kier alpha value is -1.17. The number of nitrogens with zero attached hydrogens (tertiary/aromatic N) is 4. The van der Waals surface area contributed by atoms with Crippen LogP contribution in [-0.2, 0) is 11.3 Å². The molecule has 5 nitrogen and oxygen atoms in total. The maximum absolute atomic E-state index is 5.91. The van der Waals surface area contributed by atoms with Gasteiger partial charge in [-0.25, -0.2) is 0 Å². The summed E-state index contributed by atoms with van der Waals surface area (Å²) in [5.74, 6) is 0.943. The average molecular weight is 253 g/mol. The molecule has 0 spiro atoms. The Morgan fingerprint density at radius 1 is 1.29 bits per heavy atom. The summed E-state index contributed by atoms with van der Waals surface area (Å²) in [6.45, 7) is 4.28. The minimum atomic E-state index is 0.683. The Kier molecular flexibility index (Phi) is 2.96. The first-order chi connectivity index (χ1) is 8.33. The van der Waals surface area contributed by atoms with Gasteiger partial charge in [0.2, 0.25) is 0 Å². The van der Waals surface area contributed by atoms with Crippen LogP contribution in [0.25, 0.3) is 5.65 Å². The van der Waals surface area contributed by atoms with Crippen molar-refractivity contribution in [2.24, 2.45) is 0 Å². The fourth-order valence-corrected chi connectivity index (χ4v) is 2.14. The van der Waals surface area contributed by atoms with Crippen molar-refractivity contribution in [1.82, 2.24) is 19.5 Å². The van der Waals surface area contributed by atoms with E-state index in [4.69, 9.17) is 16.3 Å². The molecule has 1 aliphatic rings. The number of rotatable bonds is 2. The Bertz CT molecular complexity index is 521. The molecule has 1 saturated heterocycles. The van der Waals surface area contributed by atoms with Crippen molar-refractivity contribution in [3.05, 3.63) is 29.2 Å². The van der Waals surface area contributed by atoms with Crippen LogP contribution < -0.4 is 0 Å². The third kappa shape index (κ3) is 2.26. The van der Waals surface area contributed by atoms with E-state index in [1.54, 1.807) is 0 Å². The molecule has 1 aliphatic heterocycles. The summed E-state index contributed by atoms with van der Waals surface area (Å²) in [4.78, 5) is 2.31. The third-order valence-electron chi connectivity index (χ3n) is 2.91. The van der Waals surface area contributed by atoms with Crippen molar-refractivity contribution in [2.45, 2.75) is 6.54 Å². The molecule has 3 heterocycles. The molecule has 17 heavy (non-hydrogen) atoms. The molecule has 0 unspecified atom stereocenters. The lowest BCUT2D eigenvalue weighted by molar-refractivity contribution is 0.0329. The number of hydrogen-bond donors (Lipinski definition) is 0. The van der Waals surface area contributed by atoms with Crippen molar-refractivity contribution in [3.8, 4) is 0 Å². The maximum Gasteiger partial charge on any atom is 0.162 e. The van der Waals surface area contributed by atoms with E-state index in [2.05, 4.69) is 15.1 Å². The van der Waals surface area contributed by atoms with E-state index < -0.39 is 0 Å². The number of fused-ring (bicyclic) bond motifs is 1. The van der Waals surface area contributed by atoms with E-state index in [-0.39, 0.29) is 0 Å². The van der Waals surface area contributed by atoms with Gasteiger partial charge < -0.3 is 4.74 Å². The summed E-state index contributed by atoms with van der Waals surface area (Å²) < 4.78 is 7.29. The predicted molar refractivity (Wildman–Crippen MR) is 64.1 cm³/mol. The molecule has 0 aliphatic carbocycles. The Balaban J connectivity index is 1.84. The zero-order chi connectivity index (χ0) is 11.7. The lowest BCUT2D eigenvalue weighted by atomic mass is 10.4. The summed E-state index contributed by atoms with van der Waals surface area (Å²) in [5, 5.41) is 9.00. The van der Waals surface area contributed by atoms with Crippen molar-refractivity contribution >= 4 is 17.2 Å². The molecule has 1 fully saturated rings. The Morgan fingerprint density at radius 3 is 2.94 bits per heavy atom. The van der Waals surface area contributed by atoms with Crippen molar-refractivity contribution < 1.29 is 4.74 Å². The number of hydrogen-bond acceptors (Lipinski definition) is 4. The Morgan fingerprint density at radius 2 is 2.12 bits per heavy atom. The van der Waals surface area contributed by atoms with Gasteiger partial charge in [0.05, 0.1) is 19.8 Å². The van der Waals surface area contributed by atoms with Crippen LogP contribution in [0.4, 0.5) is 0 Å². The van der Waals surface area contributed by atoms with Gasteiger partial charge in [0.15, 0.2) is 11.5 Å². The first-order valence-electron chi connectivity index (χ1n) is 5.62. The van der Waals surface area contributed by atoms with E-state index in [9.17, 15) is 0 Å². The number of aromatic nitrogens is 3. The Labute approximate surface area is 104 Å². The standard InChI is InChI=1S/C11H13ClN4O/c12-9-1-2-16-10(7-9)13-14-11(16)8-15-3-5-17-6-4-15/h1-2,7H,3-6,8H2. The molecule has 0 saturated carbocycles. The summed E-state index contributed by atoms with van der Waals surface area (Å²) in [6, 6.07) is 3.66. The lowest BCUT2D eigenvalue weighted by Crippen LogP contribution is -2.36. The van der Waals surface area contributed by atoms with Crippen molar-refractivity contribution in [3.63, 3.8) is 0 Å². The first-order valence-corrected chi connectivity index (χ1v) is 6.00. The lowest BCUT2D eigenvalue weighted by Gasteiger charge is -2.25. The second-order valence-corrected chi connectivity index (χ2v) is 4.51. The quantitative estimate of drug-likeness (QED) is 0.806. The van der Waals surface area contributed by atoms with Crippen LogP contribution in [0.3, 0.4) is 0 Å². The van der Waals surface area contributed by atoms with Gasteiger partial charge in [-0.1, -0.05) is 11.6 Å². The highest BCUT2D eigenvalue weighted by molar-refractivity contribution is 6.30. The van der Waals surface area contributed by atoms with Gasteiger partial charge in [-0.3, -0.25) is 9.30 Å². The molecule has 2 aromatic rings. The molecule has 0 radical (unpaired) electrons. The van der Waals surface area contributed by atoms with Gasteiger partial charge in [0, 0.05) is 30.4 Å². The fraction of sp³-hybridized carbons (Fsp3) is 0.455. The normalized spacial score (nSPS) is 17.7. The zero-order valence-electron chi connectivity index (χ0n) is 9.34. The second-order valence-electron chi connectivity index (χ2n) is 4.08. The van der Waals surface area contributed by atoms with E-state index in [0.29, 0.717) is 5.02 Å². The molecule has 0 N–H and O–H groups in total. The third-order valence-corrected chi connectivity index (χ3v) is 3.15. The van der Waals surface area contributed by atoms with Crippen LogP contribution in [0.2, 0.25) is 5.02 Å². The van der Waals surface area contributed by atoms with Gasteiger partial charge in [-0.2, -0.15) is 0 Å². The van der Waals surface area contributed by atoms with Gasteiger partial charge in [0.1, 0.15) is 0 Å². The molecule has 0 bridgehead atoms. The molecule has 3 rings (SSSR count). The molecule has 0 amide bonds. The molecular weight excluding hydrogens is 240 g/mol. The van der Waals surface area contributed by atoms with Crippen LogP contribution in [-0.4, -0.2) is 45.8 Å². The summed E-state index contributed by atoms with van der Waals surface area (Å²) in [7, 11) is 0. The fourth-order valence-electron chi connectivity index (χ4n) is 1.98. The van der Waals surface area contributed by atoms with Gasteiger partial charge in [-0.05, 0) is 6.07 Å². The van der Waals surface area contributed by atoms with E-state index in [0.717, 1.165) is 44.3 Å². The largest absolute Gasteiger partial charge is 0.379 e. The molecule has 90 valence electrons. The highest BCUT2D eigenvalue weighted by Gasteiger charge is 2.14. The van der Waals surface area contributed by atoms with Crippen molar-refractivity contribution in [2.75, 3.05) is 26.3 Å². The highest BCUT2D eigenvalue weighted by atomic mass is 35.5. The molecule has 2 aromatic heterocycles. The van der Waals surface area contributed by atoms with Gasteiger partial charge >= 0.3 is 0 Å². The average Bonchev–Trinajstić information content (AvgIpc) is 2.73. The van der Waals surface area contributed by atoms with E-state index in [1.165, 1.54) is 0 Å². The summed E-state index contributed by atoms with van der Waals surface area (Å²) >= 11 is 5.91. The topological polar surface area (TPSA) is 42.7 Å². The number of morpholine rings is 1. The predicted octanol–water partition coefficient (Wildman–Crippen LogP) is 1.21. The van der Waals surface area contributed by atoms with Crippen LogP contribution in [0.5, 0.6) is 0 Å². The molecule has 0 aromatic carbocycles. The van der Waals surface area contributed by atoms with Crippen molar-refractivity contribution in [1.29, 1.82) is 0 Å². The number of pyridine rings is 1. The smallest absolute Gasteiger partial charge is 0.162 e. The van der Waals surface area contributed by atoms with Crippen LogP contribution in [0.15, 0.2) is 18.3 Å². The monoisotopic (exact) mass is 252 g/mol. The zero-order valence-corrected chi connectivity index (χ0v) is 10.1. The highest BCUT2D eigenvalue weighted by Crippen LogP contribution is 2.13. The SMILES string of the molecule is Clc1ccn2c(CN3CCOCC3)nnc2c1. The maximum atomic E-state index is 5.91. The van der Waals surface area contributed by atoms with Gasteiger partial charge in [0.25, 0.3) is 0 Å². The first kappa shape index (κ1) is 11.0. The minimum absolute atomic E-state index is 0.683. The van der Waals surface area contributed by atoms with E-state index >= 15 is 0 Å². The molecule has 0 atom stereocenters.